The van der Waals surface area contributed by atoms with Crippen molar-refractivity contribution >= 4 is 11.5 Å². The number of nitrogens with one attached hydrogen (secondary N) is 1. The molecule has 0 radical (unpaired) electrons. The van der Waals surface area contributed by atoms with Gasteiger partial charge in [0.05, 0.1) is 6.54 Å². The van der Waals surface area contributed by atoms with E-state index in [0.717, 1.165) is 18.8 Å². The van der Waals surface area contributed by atoms with Gasteiger partial charge >= 0.3 is 0 Å². The lowest BCUT2D eigenvalue weighted by atomic mass is 10.4. The maximum absolute atomic E-state index is 4.05. The molecule has 2 nitrogen and oxygen atoms in total. The molecule has 1 aromatic rings. The minimum absolute atomic E-state index is 0.744. The van der Waals surface area contributed by atoms with Crippen LogP contribution in [-0.2, 0) is 0 Å². The molecule has 58 valence electrons. The summed E-state index contributed by atoms with van der Waals surface area (Å²) >= 11 is 1.43. The molecule has 0 aliphatic carbocycles. The molecule has 1 N–H and O–H groups in total. The van der Waals surface area contributed by atoms with Crippen LogP contribution in [0.4, 0.5) is 0 Å². The predicted molar refractivity (Wildman–Crippen MR) is 47.5 cm³/mol. The van der Waals surface area contributed by atoms with E-state index >= 15 is 0 Å². The number of aromatic nitrogens is 1. The molecule has 0 amide bonds. The Balaban J connectivity index is 2.33. The summed E-state index contributed by atoms with van der Waals surface area (Å²) in [6.07, 6.45) is 0. The van der Waals surface area contributed by atoms with Gasteiger partial charge in [-0.2, -0.15) is 4.37 Å². The fraction of sp³-hybridized carbons (Fsp3) is 0.375. The van der Waals surface area contributed by atoms with E-state index in [1.807, 2.05) is 11.4 Å². The van der Waals surface area contributed by atoms with Crippen molar-refractivity contribution < 1.29 is 0 Å². The van der Waals surface area contributed by atoms with Crippen molar-refractivity contribution in [1.82, 2.24) is 9.69 Å². The van der Waals surface area contributed by atoms with Gasteiger partial charge in [-0.25, -0.2) is 0 Å². The third kappa shape index (κ3) is 3.17. The molecule has 0 bridgehead atoms. The highest BCUT2D eigenvalue weighted by molar-refractivity contribution is 7.03. The lowest BCUT2D eigenvalue weighted by molar-refractivity contribution is 0.811. The summed E-state index contributed by atoms with van der Waals surface area (Å²) in [5.74, 6) is 5.92. The van der Waals surface area contributed by atoms with Gasteiger partial charge in [0.2, 0.25) is 0 Å². The van der Waals surface area contributed by atoms with E-state index in [4.69, 9.17) is 0 Å². The van der Waals surface area contributed by atoms with Gasteiger partial charge in [0, 0.05) is 5.38 Å². The Labute approximate surface area is 70.8 Å². The quantitative estimate of drug-likeness (QED) is 0.526. The van der Waals surface area contributed by atoms with Crippen molar-refractivity contribution in [3.63, 3.8) is 0 Å². The van der Waals surface area contributed by atoms with E-state index in [-0.39, 0.29) is 0 Å². The molecule has 0 unspecified atom stereocenters. The molecule has 1 heterocycles. The van der Waals surface area contributed by atoms with Gasteiger partial charge in [0.1, 0.15) is 5.69 Å². The molecule has 0 saturated heterocycles. The van der Waals surface area contributed by atoms with E-state index in [1.165, 1.54) is 11.5 Å². The van der Waals surface area contributed by atoms with E-state index in [1.54, 1.807) is 0 Å². The van der Waals surface area contributed by atoms with Gasteiger partial charge in [0.15, 0.2) is 0 Å². The molecule has 0 saturated carbocycles. The maximum Gasteiger partial charge on any atom is 0.127 e. The Morgan fingerprint density at radius 3 is 3.27 bits per heavy atom. The van der Waals surface area contributed by atoms with Gasteiger partial charge in [0.25, 0.3) is 0 Å². The first kappa shape index (κ1) is 8.25. The summed E-state index contributed by atoms with van der Waals surface area (Å²) in [7, 11) is 0. The Hall–Kier alpha value is -0.850. The highest BCUT2D eigenvalue weighted by Gasteiger charge is 1.83. The number of hydrogen-bond donors (Lipinski definition) is 1. The Morgan fingerprint density at radius 2 is 2.64 bits per heavy atom. The molecule has 1 aromatic heterocycles. The van der Waals surface area contributed by atoms with Crippen LogP contribution in [0.15, 0.2) is 11.4 Å². The highest BCUT2D eigenvalue weighted by Crippen LogP contribution is 1.95. The minimum Gasteiger partial charge on any atom is -0.306 e. The van der Waals surface area contributed by atoms with Crippen molar-refractivity contribution in [2.45, 2.75) is 6.92 Å². The fourth-order valence-electron chi connectivity index (χ4n) is 0.599. The molecule has 0 aliphatic heterocycles. The summed E-state index contributed by atoms with van der Waals surface area (Å²) in [6, 6.07) is 1.92. The van der Waals surface area contributed by atoms with E-state index in [9.17, 15) is 0 Å². The number of rotatable bonds is 2. The molecular formula is C8H10N2S. The topological polar surface area (TPSA) is 24.9 Å². The first-order valence-electron chi connectivity index (χ1n) is 3.53. The number of hydrogen-bond acceptors (Lipinski definition) is 3. The molecular weight excluding hydrogens is 156 g/mol. The zero-order valence-corrected chi connectivity index (χ0v) is 7.24. The summed E-state index contributed by atoms with van der Waals surface area (Å²) in [5, 5.41) is 5.04. The lowest BCUT2D eigenvalue weighted by Gasteiger charge is -1.87. The first-order valence-corrected chi connectivity index (χ1v) is 4.37. The highest BCUT2D eigenvalue weighted by atomic mass is 32.1. The molecule has 11 heavy (non-hydrogen) atoms. The average Bonchev–Trinajstić information content (AvgIpc) is 2.50. The van der Waals surface area contributed by atoms with E-state index in [0.29, 0.717) is 0 Å². The second-order valence-corrected chi connectivity index (χ2v) is 2.63. The van der Waals surface area contributed by atoms with Crippen molar-refractivity contribution in [3.05, 3.63) is 17.1 Å². The van der Waals surface area contributed by atoms with Crippen LogP contribution < -0.4 is 5.32 Å². The monoisotopic (exact) mass is 166 g/mol. The summed E-state index contributed by atoms with van der Waals surface area (Å²) in [4.78, 5) is 0. The Bertz CT molecular complexity index is 243. The van der Waals surface area contributed by atoms with Gasteiger partial charge in [-0.15, -0.1) is 0 Å². The van der Waals surface area contributed by atoms with Crippen LogP contribution in [0.3, 0.4) is 0 Å². The van der Waals surface area contributed by atoms with Crippen LogP contribution in [0.25, 0.3) is 0 Å². The molecule has 3 heteroatoms. The van der Waals surface area contributed by atoms with Gasteiger partial charge in [-0.05, 0) is 30.1 Å². The van der Waals surface area contributed by atoms with Crippen molar-refractivity contribution in [2.24, 2.45) is 0 Å². The van der Waals surface area contributed by atoms with Crippen LogP contribution in [0.5, 0.6) is 0 Å². The van der Waals surface area contributed by atoms with Crippen LogP contribution in [0, 0.1) is 11.8 Å². The average molecular weight is 166 g/mol. The zero-order valence-electron chi connectivity index (χ0n) is 6.42. The second kappa shape index (κ2) is 4.89. The van der Waals surface area contributed by atoms with Crippen molar-refractivity contribution in [3.8, 4) is 11.8 Å². The third-order valence-electron chi connectivity index (χ3n) is 1.12. The molecule has 0 spiro atoms. The normalized spacial score (nSPS) is 8.82. The van der Waals surface area contributed by atoms with Gasteiger partial charge in [-0.3, -0.25) is 0 Å². The van der Waals surface area contributed by atoms with E-state index < -0.39 is 0 Å². The smallest absolute Gasteiger partial charge is 0.127 e. The largest absolute Gasteiger partial charge is 0.306 e. The van der Waals surface area contributed by atoms with Crippen molar-refractivity contribution in [1.29, 1.82) is 0 Å². The van der Waals surface area contributed by atoms with E-state index in [2.05, 4.69) is 28.5 Å². The molecule has 0 fully saturated rings. The van der Waals surface area contributed by atoms with Crippen LogP contribution in [0.2, 0.25) is 0 Å². The molecule has 1 rings (SSSR count). The SMILES string of the molecule is CCNCC#Cc1ccsn1. The van der Waals surface area contributed by atoms with Crippen LogP contribution >= 0.6 is 11.5 Å². The minimum atomic E-state index is 0.744. The standard InChI is InChI=1S/C8H10N2S/c1-2-9-6-3-4-8-5-7-11-10-8/h5,7,9H,2,6H2,1H3. The molecule has 0 aliphatic rings. The first-order chi connectivity index (χ1) is 5.43. The predicted octanol–water partition coefficient (Wildman–Crippen LogP) is 1.10. The lowest BCUT2D eigenvalue weighted by Crippen LogP contribution is -2.11. The molecule has 0 aromatic carbocycles. The summed E-state index contributed by atoms with van der Waals surface area (Å²) < 4.78 is 4.05. The van der Waals surface area contributed by atoms with Crippen LogP contribution in [-0.4, -0.2) is 17.5 Å². The van der Waals surface area contributed by atoms with Crippen LogP contribution in [0.1, 0.15) is 12.6 Å². The third-order valence-corrected chi connectivity index (χ3v) is 1.68. The molecule has 0 atom stereocenters. The second-order valence-electron chi connectivity index (χ2n) is 1.97. The Morgan fingerprint density at radius 1 is 1.73 bits per heavy atom. The number of nitrogens with zero attached hydrogens (tertiary/aromatic N) is 1. The fourth-order valence-corrected chi connectivity index (χ4v) is 1.07. The Kier molecular flexibility index (Phi) is 3.67. The maximum atomic E-state index is 4.05. The zero-order chi connectivity index (χ0) is 7.94. The van der Waals surface area contributed by atoms with Gasteiger partial charge in [-0.1, -0.05) is 12.8 Å². The summed E-state index contributed by atoms with van der Waals surface area (Å²) in [5.41, 5.74) is 0.868. The summed E-state index contributed by atoms with van der Waals surface area (Å²) in [6.45, 7) is 3.77. The van der Waals surface area contributed by atoms with Gasteiger partial charge < -0.3 is 5.32 Å². The van der Waals surface area contributed by atoms with Crippen molar-refractivity contribution in [2.75, 3.05) is 13.1 Å².